The lowest BCUT2D eigenvalue weighted by Gasteiger charge is -2.32. The molecule has 1 heterocycles. The molecule has 23 heavy (non-hydrogen) atoms. The van der Waals surface area contributed by atoms with Gasteiger partial charge in [-0.3, -0.25) is 14.4 Å². The fourth-order valence-corrected chi connectivity index (χ4v) is 2.33. The highest BCUT2D eigenvalue weighted by Gasteiger charge is 2.31. The number of hydrogen-bond donors (Lipinski definition) is 2. The van der Waals surface area contributed by atoms with Gasteiger partial charge in [-0.05, 0) is 19.1 Å². The molecule has 0 saturated carbocycles. The van der Waals surface area contributed by atoms with Gasteiger partial charge in [0.15, 0.2) is 6.10 Å². The zero-order valence-corrected chi connectivity index (χ0v) is 13.3. The number of carbonyl (C=O) groups excluding carboxylic acids is 3. The molecule has 0 spiro atoms. The highest BCUT2D eigenvalue weighted by Crippen LogP contribution is 2.33. The van der Waals surface area contributed by atoms with E-state index in [1.54, 1.807) is 31.0 Å². The number of amides is 3. The molecule has 1 atom stereocenters. The second kappa shape index (κ2) is 7.62. The van der Waals surface area contributed by atoms with Gasteiger partial charge in [0, 0.05) is 33.0 Å². The molecule has 2 N–H and O–H groups in total. The summed E-state index contributed by atoms with van der Waals surface area (Å²) in [6, 6.07) is 7.25. The minimum Gasteiger partial charge on any atom is -0.479 e. The van der Waals surface area contributed by atoms with Crippen molar-refractivity contribution >= 4 is 23.4 Å². The van der Waals surface area contributed by atoms with Gasteiger partial charge in [0.2, 0.25) is 11.8 Å². The first kappa shape index (κ1) is 16.8. The van der Waals surface area contributed by atoms with Crippen molar-refractivity contribution in [3.05, 3.63) is 24.3 Å². The highest BCUT2D eigenvalue weighted by atomic mass is 16.5. The molecule has 1 aliphatic rings. The van der Waals surface area contributed by atoms with Gasteiger partial charge >= 0.3 is 0 Å². The molecule has 0 radical (unpaired) electrons. The van der Waals surface area contributed by atoms with Gasteiger partial charge in [-0.15, -0.1) is 0 Å². The van der Waals surface area contributed by atoms with Crippen LogP contribution in [-0.2, 0) is 14.4 Å². The van der Waals surface area contributed by atoms with Crippen LogP contribution in [0, 0.1) is 0 Å². The van der Waals surface area contributed by atoms with Crippen molar-refractivity contribution in [3.8, 4) is 5.75 Å². The van der Waals surface area contributed by atoms with Crippen LogP contribution in [0.1, 0.15) is 19.8 Å². The second-order valence-electron chi connectivity index (χ2n) is 5.24. The van der Waals surface area contributed by atoms with Crippen LogP contribution < -0.4 is 20.3 Å². The maximum absolute atomic E-state index is 12.3. The van der Waals surface area contributed by atoms with Crippen LogP contribution in [0.3, 0.4) is 0 Å². The molecule has 0 aliphatic carbocycles. The summed E-state index contributed by atoms with van der Waals surface area (Å²) >= 11 is 0. The Morgan fingerprint density at radius 2 is 1.96 bits per heavy atom. The van der Waals surface area contributed by atoms with Crippen molar-refractivity contribution in [2.24, 2.45) is 0 Å². The molecule has 2 rings (SSSR count). The van der Waals surface area contributed by atoms with Gasteiger partial charge in [-0.1, -0.05) is 12.1 Å². The monoisotopic (exact) mass is 319 g/mol. The first-order chi connectivity index (χ1) is 11.0. The SMILES string of the molecule is CNC(=O)CCNC(=O)CCN1C(=O)[C@H](C)Oc2ccccc21. The lowest BCUT2D eigenvalue weighted by atomic mass is 10.1. The lowest BCUT2D eigenvalue weighted by Crippen LogP contribution is -2.45. The van der Waals surface area contributed by atoms with E-state index in [4.69, 9.17) is 4.74 Å². The first-order valence-electron chi connectivity index (χ1n) is 7.57. The summed E-state index contributed by atoms with van der Waals surface area (Å²) in [5.74, 6) is 0.149. The number of nitrogens with zero attached hydrogens (tertiary/aromatic N) is 1. The maximum Gasteiger partial charge on any atom is 0.267 e. The second-order valence-corrected chi connectivity index (χ2v) is 5.24. The molecule has 0 bridgehead atoms. The molecule has 124 valence electrons. The Hall–Kier alpha value is -2.57. The third-order valence-electron chi connectivity index (χ3n) is 3.59. The van der Waals surface area contributed by atoms with E-state index in [0.717, 1.165) is 0 Å². The van der Waals surface area contributed by atoms with Gasteiger partial charge in [0.05, 0.1) is 5.69 Å². The van der Waals surface area contributed by atoms with Crippen LogP contribution in [0.15, 0.2) is 24.3 Å². The van der Waals surface area contributed by atoms with E-state index >= 15 is 0 Å². The summed E-state index contributed by atoms with van der Waals surface area (Å²) in [4.78, 5) is 36.8. The van der Waals surface area contributed by atoms with Gasteiger partial charge in [0.25, 0.3) is 5.91 Å². The maximum atomic E-state index is 12.3. The number of ether oxygens (including phenoxy) is 1. The van der Waals surface area contributed by atoms with E-state index in [0.29, 0.717) is 11.4 Å². The fourth-order valence-electron chi connectivity index (χ4n) is 2.33. The Balaban J connectivity index is 1.90. The van der Waals surface area contributed by atoms with Crippen LogP contribution >= 0.6 is 0 Å². The normalized spacial score (nSPS) is 16.3. The number of rotatable bonds is 6. The number of hydrogen-bond acceptors (Lipinski definition) is 4. The van der Waals surface area contributed by atoms with Crippen LogP contribution in [0.2, 0.25) is 0 Å². The van der Waals surface area contributed by atoms with E-state index in [-0.39, 0.29) is 43.7 Å². The zero-order valence-electron chi connectivity index (χ0n) is 13.3. The minimum atomic E-state index is -0.568. The van der Waals surface area contributed by atoms with Gasteiger partial charge < -0.3 is 20.3 Å². The van der Waals surface area contributed by atoms with Crippen molar-refractivity contribution in [1.82, 2.24) is 10.6 Å². The predicted molar refractivity (Wildman–Crippen MR) is 85.2 cm³/mol. The fraction of sp³-hybridized carbons (Fsp3) is 0.438. The summed E-state index contributed by atoms with van der Waals surface area (Å²) in [6.07, 6.45) is -0.166. The number of benzene rings is 1. The van der Waals surface area contributed by atoms with Crippen molar-refractivity contribution in [3.63, 3.8) is 0 Å². The van der Waals surface area contributed by atoms with Crippen molar-refractivity contribution in [2.45, 2.75) is 25.9 Å². The number of para-hydroxylation sites is 2. The van der Waals surface area contributed by atoms with E-state index in [1.807, 2.05) is 12.1 Å². The topological polar surface area (TPSA) is 87.7 Å². The predicted octanol–water partition coefficient (Wildman–Crippen LogP) is 0.443. The summed E-state index contributed by atoms with van der Waals surface area (Å²) < 4.78 is 5.55. The van der Waals surface area contributed by atoms with Gasteiger partial charge in [0.1, 0.15) is 5.75 Å². The smallest absolute Gasteiger partial charge is 0.267 e. The third kappa shape index (κ3) is 4.21. The molecule has 1 aromatic carbocycles. The van der Waals surface area contributed by atoms with Gasteiger partial charge in [-0.2, -0.15) is 0 Å². The number of carbonyl (C=O) groups is 3. The average molecular weight is 319 g/mol. The summed E-state index contributed by atoms with van der Waals surface area (Å²) in [5, 5.41) is 5.16. The molecule has 0 unspecified atom stereocenters. The van der Waals surface area contributed by atoms with Gasteiger partial charge in [-0.25, -0.2) is 0 Å². The largest absolute Gasteiger partial charge is 0.479 e. The number of nitrogens with one attached hydrogen (secondary N) is 2. The molecule has 0 saturated heterocycles. The van der Waals surface area contributed by atoms with E-state index < -0.39 is 6.10 Å². The van der Waals surface area contributed by atoms with Crippen LogP contribution in [0.25, 0.3) is 0 Å². The molecule has 7 nitrogen and oxygen atoms in total. The molecule has 0 fully saturated rings. The summed E-state index contributed by atoms with van der Waals surface area (Å²) in [7, 11) is 1.55. The molecular weight excluding hydrogens is 298 g/mol. The number of anilines is 1. The zero-order chi connectivity index (χ0) is 16.8. The number of fused-ring (bicyclic) bond motifs is 1. The lowest BCUT2D eigenvalue weighted by molar-refractivity contribution is -0.125. The van der Waals surface area contributed by atoms with Crippen molar-refractivity contribution < 1.29 is 19.1 Å². The standard InChI is InChI=1S/C16H21N3O4/c1-11-16(22)19(12-5-3-4-6-13(12)23-11)10-8-15(21)18-9-7-14(20)17-2/h3-6,11H,7-10H2,1-2H3,(H,17,20)(H,18,21)/t11-/m0/s1. The average Bonchev–Trinajstić information content (AvgIpc) is 2.55. The van der Waals surface area contributed by atoms with Crippen molar-refractivity contribution in [1.29, 1.82) is 0 Å². The summed E-state index contributed by atoms with van der Waals surface area (Å²) in [5.41, 5.74) is 0.675. The third-order valence-corrected chi connectivity index (χ3v) is 3.59. The quantitative estimate of drug-likeness (QED) is 0.796. The first-order valence-corrected chi connectivity index (χ1v) is 7.57. The van der Waals surface area contributed by atoms with Crippen LogP contribution in [-0.4, -0.2) is 44.0 Å². The molecule has 1 aliphatic heterocycles. The Morgan fingerprint density at radius 1 is 1.22 bits per heavy atom. The minimum absolute atomic E-state index is 0.128. The Kier molecular flexibility index (Phi) is 5.56. The van der Waals surface area contributed by atoms with Crippen molar-refractivity contribution in [2.75, 3.05) is 25.0 Å². The highest BCUT2D eigenvalue weighted by molar-refractivity contribution is 6.00. The molecule has 1 aromatic rings. The Labute approximate surface area is 135 Å². The molecular formula is C16H21N3O4. The Bertz CT molecular complexity index is 603. The summed E-state index contributed by atoms with van der Waals surface area (Å²) in [6.45, 7) is 2.24. The van der Waals surface area contributed by atoms with E-state index in [9.17, 15) is 14.4 Å². The molecule has 3 amide bonds. The van der Waals surface area contributed by atoms with E-state index in [2.05, 4.69) is 10.6 Å². The molecule has 7 heteroatoms. The van der Waals surface area contributed by atoms with E-state index in [1.165, 1.54) is 0 Å². The molecule has 0 aromatic heterocycles. The van der Waals surface area contributed by atoms with Crippen LogP contribution in [0.5, 0.6) is 5.75 Å². The Morgan fingerprint density at radius 3 is 2.70 bits per heavy atom. The van der Waals surface area contributed by atoms with Crippen LogP contribution in [0.4, 0.5) is 5.69 Å².